The average molecular weight is 777 g/mol. The largest absolute Gasteiger partial charge is 0.504 e. The van der Waals surface area contributed by atoms with Crippen molar-refractivity contribution < 1.29 is 25.5 Å². The lowest BCUT2D eigenvalue weighted by Gasteiger charge is -2.21. The second-order valence-electron chi connectivity index (χ2n) is 15.1. The Bertz CT molecular complexity index is 2690. The minimum atomic E-state index is -1.00. The average Bonchev–Trinajstić information content (AvgIpc) is 4.13. The van der Waals surface area contributed by atoms with E-state index in [0.29, 0.717) is 17.3 Å². The molecule has 2 unspecified atom stereocenters. The molecule has 0 aliphatic heterocycles. The highest BCUT2D eigenvalue weighted by molar-refractivity contribution is 5.99. The number of hydrogen-bond acceptors (Lipinski definition) is 6. The second-order valence-corrected chi connectivity index (χ2v) is 15.1. The van der Waals surface area contributed by atoms with Gasteiger partial charge in [0.15, 0.2) is 11.5 Å². The number of aliphatic imine (C=N–C) groups is 1. The lowest BCUT2D eigenvalue weighted by Crippen LogP contribution is -2.28. The van der Waals surface area contributed by atoms with Crippen molar-refractivity contribution in [3.63, 3.8) is 0 Å². The van der Waals surface area contributed by atoms with E-state index in [4.69, 9.17) is 11.4 Å². The fourth-order valence-electron chi connectivity index (χ4n) is 7.77. The van der Waals surface area contributed by atoms with E-state index in [1.54, 1.807) is 24.3 Å². The van der Waals surface area contributed by atoms with Gasteiger partial charge in [0.1, 0.15) is 11.9 Å². The Balaban J connectivity index is 1.10. The van der Waals surface area contributed by atoms with Crippen molar-refractivity contribution in [1.82, 2.24) is 5.32 Å². The highest BCUT2D eigenvalue weighted by atomic mass is 16.4. The molecule has 0 heterocycles. The first-order valence-corrected chi connectivity index (χ1v) is 19.7. The zero-order valence-electron chi connectivity index (χ0n) is 32.8. The lowest BCUT2D eigenvalue weighted by atomic mass is 9.85. The molecule has 1 saturated carbocycles. The molecular weight excluding hydrogens is 733 g/mol. The van der Waals surface area contributed by atoms with Crippen molar-refractivity contribution in [3.05, 3.63) is 173 Å². The number of benzene rings is 7. The first-order chi connectivity index (χ1) is 28.6. The molecule has 8 rings (SSSR count). The van der Waals surface area contributed by atoms with Gasteiger partial charge in [-0.3, -0.25) is 0 Å². The number of phenolic OH excluding ortho intramolecular Hbond substituents is 5. The van der Waals surface area contributed by atoms with Crippen LogP contribution < -0.4 is 5.32 Å². The van der Waals surface area contributed by atoms with E-state index >= 15 is 0 Å². The van der Waals surface area contributed by atoms with Crippen LogP contribution in [-0.4, -0.2) is 31.4 Å². The summed E-state index contributed by atoms with van der Waals surface area (Å²) in [7, 11) is 0. The van der Waals surface area contributed by atoms with Crippen LogP contribution >= 0.6 is 0 Å². The van der Waals surface area contributed by atoms with Crippen LogP contribution in [0.3, 0.4) is 0 Å². The predicted molar refractivity (Wildman–Crippen MR) is 236 cm³/mol. The van der Waals surface area contributed by atoms with Crippen LogP contribution in [0.25, 0.3) is 44.5 Å². The van der Waals surface area contributed by atoms with Crippen LogP contribution in [0, 0.1) is 19.3 Å². The second kappa shape index (κ2) is 16.2. The highest BCUT2D eigenvalue weighted by Gasteiger charge is 2.29. The third kappa shape index (κ3) is 7.69. The van der Waals surface area contributed by atoms with Crippen molar-refractivity contribution >= 4 is 5.84 Å². The number of amidine groups is 1. The Morgan fingerprint density at radius 1 is 0.593 bits per heavy atom. The van der Waals surface area contributed by atoms with Gasteiger partial charge >= 0.3 is 0 Å². The standard InChI is InChI=1S/C52H44N2O5/c1-4-44(54-52(39-14-9-6-10-15-39)53-32(3)33-18-26-38(27-19-33)45-47(55)49(57)51(59)50(58)48(45)56)40-28-29-41(31(2)30-40)46-42(16-11-17-43(46)37-24-25-37)36-22-20-35(21-23-36)34-12-7-5-8-13-34/h1,5-23,26-30,32,37,44,55-59H,24-25H2,2-3H3,(H,53,54). The van der Waals surface area contributed by atoms with E-state index in [2.05, 4.69) is 103 Å². The molecule has 59 heavy (non-hydrogen) atoms. The number of nitrogens with zero attached hydrogens (tertiary/aromatic N) is 1. The number of aromatic hydroxyl groups is 5. The Labute approximate surface area is 344 Å². The number of phenols is 5. The van der Waals surface area contributed by atoms with Crippen molar-refractivity contribution in [2.45, 2.75) is 44.7 Å². The Hall–Kier alpha value is -7.43. The Kier molecular flexibility index (Phi) is 10.6. The van der Waals surface area contributed by atoms with Gasteiger partial charge in [-0.1, -0.05) is 152 Å². The maximum atomic E-state index is 10.5. The van der Waals surface area contributed by atoms with Gasteiger partial charge in [0.25, 0.3) is 0 Å². The maximum Gasteiger partial charge on any atom is 0.208 e. The monoisotopic (exact) mass is 776 g/mol. The third-order valence-electron chi connectivity index (χ3n) is 11.1. The molecule has 0 amide bonds. The number of hydrogen-bond donors (Lipinski definition) is 6. The molecular formula is C52H44N2O5. The quantitative estimate of drug-likeness (QED) is 0.0270. The Morgan fingerprint density at radius 3 is 1.76 bits per heavy atom. The van der Waals surface area contributed by atoms with Gasteiger partial charge in [-0.15, -0.1) is 6.42 Å². The molecule has 0 saturated heterocycles. The van der Waals surface area contributed by atoms with Crippen LogP contribution in [0.15, 0.2) is 151 Å². The predicted octanol–water partition coefficient (Wildman–Crippen LogP) is 11.5. The normalized spacial score (nSPS) is 13.7. The van der Waals surface area contributed by atoms with Gasteiger partial charge in [-0.05, 0) is 93.8 Å². The first kappa shape index (κ1) is 38.4. The molecule has 0 radical (unpaired) electrons. The van der Waals surface area contributed by atoms with Crippen molar-refractivity contribution in [2.75, 3.05) is 0 Å². The maximum absolute atomic E-state index is 10.5. The van der Waals surface area contributed by atoms with E-state index in [1.807, 2.05) is 43.3 Å². The van der Waals surface area contributed by atoms with Gasteiger partial charge in [0.2, 0.25) is 17.2 Å². The highest BCUT2D eigenvalue weighted by Crippen LogP contribution is 2.55. The van der Waals surface area contributed by atoms with E-state index in [-0.39, 0.29) is 11.6 Å². The molecule has 0 spiro atoms. The number of nitrogens with one attached hydrogen (secondary N) is 1. The number of rotatable bonds is 10. The summed E-state index contributed by atoms with van der Waals surface area (Å²) >= 11 is 0. The van der Waals surface area contributed by atoms with Gasteiger partial charge in [-0.2, -0.15) is 0 Å². The molecule has 7 aromatic rings. The summed E-state index contributed by atoms with van der Waals surface area (Å²) in [5.41, 5.74) is 12.4. The zero-order chi connectivity index (χ0) is 41.2. The molecule has 1 fully saturated rings. The fourth-order valence-corrected chi connectivity index (χ4v) is 7.77. The SMILES string of the molecule is C#CC(N=C(NC(C)c1ccc(-c2c(O)c(O)c(O)c(O)c2O)cc1)c1ccccc1)c1ccc(-c2c(-c3ccc(-c4ccccc4)cc3)cccc2C2CC2)c(C)c1. The third-order valence-corrected chi connectivity index (χ3v) is 11.1. The smallest absolute Gasteiger partial charge is 0.208 e. The summed E-state index contributed by atoms with van der Waals surface area (Å²) in [4.78, 5) is 5.14. The van der Waals surface area contributed by atoms with E-state index in [0.717, 1.165) is 22.3 Å². The minimum Gasteiger partial charge on any atom is -0.504 e. The van der Waals surface area contributed by atoms with Crippen LogP contribution in [0.5, 0.6) is 28.7 Å². The van der Waals surface area contributed by atoms with E-state index in [9.17, 15) is 25.5 Å². The summed E-state index contributed by atoms with van der Waals surface area (Å²) in [5.74, 6) is -0.277. The minimum absolute atomic E-state index is 0.209. The molecule has 7 aromatic carbocycles. The van der Waals surface area contributed by atoms with Crippen LogP contribution in [0.2, 0.25) is 0 Å². The summed E-state index contributed by atoms with van der Waals surface area (Å²) in [6, 6.07) is 48.2. The molecule has 1 aliphatic carbocycles. The molecule has 2 atom stereocenters. The molecule has 0 bridgehead atoms. The van der Waals surface area contributed by atoms with Crippen LogP contribution in [0.1, 0.15) is 65.6 Å². The van der Waals surface area contributed by atoms with Crippen molar-refractivity contribution in [1.29, 1.82) is 0 Å². The van der Waals surface area contributed by atoms with Gasteiger partial charge in [0.05, 0.1) is 5.56 Å². The summed E-state index contributed by atoms with van der Waals surface area (Å²) < 4.78 is 0. The molecule has 7 nitrogen and oxygen atoms in total. The molecule has 292 valence electrons. The fraction of sp³-hybridized carbons (Fsp3) is 0.135. The molecule has 1 aliphatic rings. The zero-order valence-corrected chi connectivity index (χ0v) is 32.8. The Morgan fingerprint density at radius 2 is 1.15 bits per heavy atom. The van der Waals surface area contributed by atoms with Gasteiger partial charge in [0, 0.05) is 11.6 Å². The van der Waals surface area contributed by atoms with Crippen molar-refractivity contribution in [3.8, 4) is 85.6 Å². The van der Waals surface area contributed by atoms with Crippen LogP contribution in [0.4, 0.5) is 0 Å². The molecule has 6 N–H and O–H groups in total. The summed E-state index contributed by atoms with van der Waals surface area (Å²) in [6.45, 7) is 4.12. The number of terminal acetylenes is 1. The van der Waals surface area contributed by atoms with Gasteiger partial charge in [-0.25, -0.2) is 4.99 Å². The summed E-state index contributed by atoms with van der Waals surface area (Å²) in [5, 5.41) is 54.5. The van der Waals surface area contributed by atoms with Gasteiger partial charge < -0.3 is 30.8 Å². The van der Waals surface area contributed by atoms with E-state index in [1.165, 1.54) is 51.8 Å². The lowest BCUT2D eigenvalue weighted by molar-refractivity contribution is 0.330. The number of aryl methyl sites for hydroxylation is 1. The molecule has 7 heteroatoms. The summed E-state index contributed by atoms with van der Waals surface area (Å²) in [6.07, 6.45) is 8.62. The molecule has 0 aromatic heterocycles. The topological polar surface area (TPSA) is 126 Å². The van der Waals surface area contributed by atoms with Crippen molar-refractivity contribution in [2.24, 2.45) is 4.99 Å². The first-order valence-electron chi connectivity index (χ1n) is 19.7. The van der Waals surface area contributed by atoms with E-state index < -0.39 is 34.8 Å². The van der Waals surface area contributed by atoms with Crippen LogP contribution in [-0.2, 0) is 0 Å².